The minimum Gasteiger partial charge on any atom is -0.312 e. The molecule has 18 rings (SSSR count). The third-order valence-corrected chi connectivity index (χ3v) is 17.3. The molecule has 0 atom stereocenters. The average Bonchev–Trinajstić information content (AvgIpc) is 3.88. The maximum Gasteiger partial charge on any atom is 0.252 e. The first-order chi connectivity index (χ1) is 36.3. The Morgan fingerprint density at radius 2 is 0.699 bits per heavy atom. The molecular weight excluding hydrogens is 881 g/mol. The van der Waals surface area contributed by atoms with Gasteiger partial charge in [0.1, 0.15) is 0 Å². The molecule has 1 aromatic heterocycles. The molecule has 6 aliphatic heterocycles. The quantitative estimate of drug-likeness (QED) is 0.164. The molecule has 0 spiro atoms. The molecular formula is C66H39B3N4. The van der Waals surface area contributed by atoms with Gasteiger partial charge in [0, 0.05) is 73.2 Å². The number of anilines is 9. The molecule has 0 amide bonds. The first-order valence-electron chi connectivity index (χ1n) is 25.7. The van der Waals surface area contributed by atoms with Crippen molar-refractivity contribution < 1.29 is 0 Å². The van der Waals surface area contributed by atoms with E-state index >= 15 is 0 Å². The number of rotatable bonds is 3. The van der Waals surface area contributed by atoms with E-state index in [1.165, 1.54) is 144 Å². The molecule has 0 saturated heterocycles. The van der Waals surface area contributed by atoms with Gasteiger partial charge in [-0.3, -0.25) is 0 Å². The van der Waals surface area contributed by atoms with Crippen LogP contribution in [0.3, 0.4) is 0 Å². The molecule has 0 radical (unpaired) electrons. The number of fused-ring (bicyclic) bond motifs is 17. The summed E-state index contributed by atoms with van der Waals surface area (Å²) in [6.45, 7) is 0.0314. The van der Waals surface area contributed by atoms with E-state index in [0.717, 1.165) is 5.69 Å². The maximum absolute atomic E-state index is 2.69. The van der Waals surface area contributed by atoms with Gasteiger partial charge in [-0.2, -0.15) is 0 Å². The topological polar surface area (TPSA) is 14.7 Å². The average molecular weight is 921 g/mol. The van der Waals surface area contributed by atoms with Crippen molar-refractivity contribution in [3.05, 3.63) is 237 Å². The zero-order valence-corrected chi connectivity index (χ0v) is 39.5. The van der Waals surface area contributed by atoms with Gasteiger partial charge in [-0.15, -0.1) is 0 Å². The van der Waals surface area contributed by atoms with E-state index in [1.807, 2.05) is 0 Å². The van der Waals surface area contributed by atoms with Gasteiger partial charge in [-0.05, 0) is 138 Å². The highest BCUT2D eigenvalue weighted by Gasteiger charge is 2.54. The van der Waals surface area contributed by atoms with Crippen LogP contribution >= 0.6 is 0 Å². The summed E-state index contributed by atoms with van der Waals surface area (Å²) in [5.41, 5.74) is 32.4. The van der Waals surface area contributed by atoms with Crippen molar-refractivity contribution in [2.45, 2.75) is 0 Å². The second-order valence-electron chi connectivity index (χ2n) is 20.7. The summed E-state index contributed by atoms with van der Waals surface area (Å²) < 4.78 is 2.59. The Hall–Kier alpha value is -9.19. The monoisotopic (exact) mass is 920 g/mol. The van der Waals surface area contributed by atoms with E-state index < -0.39 is 0 Å². The Morgan fingerprint density at radius 1 is 0.260 bits per heavy atom. The molecule has 73 heavy (non-hydrogen) atoms. The van der Waals surface area contributed by atoms with Gasteiger partial charge >= 0.3 is 0 Å². The van der Waals surface area contributed by atoms with Crippen LogP contribution in [0.2, 0.25) is 0 Å². The Balaban J connectivity index is 0.944. The predicted octanol–water partition coefficient (Wildman–Crippen LogP) is 9.96. The SMILES string of the molecule is c1ccc(-c2ccc(N3c4ccccc4B4c5cc6c7c8c5N(c5ccccc5B8c5ccccc5N7c5cccc7c5B6c5cccc6c8cc(-c9ccccc9)ccc8n-7c56)c5cccc3c54)cc2)cc1. The molecule has 0 fully saturated rings. The van der Waals surface area contributed by atoms with Crippen LogP contribution in [-0.2, 0) is 0 Å². The molecule has 0 N–H and O–H groups in total. The smallest absolute Gasteiger partial charge is 0.252 e. The van der Waals surface area contributed by atoms with Crippen molar-refractivity contribution in [2.24, 2.45) is 0 Å². The molecule has 0 bridgehead atoms. The number of hydrogen-bond acceptors (Lipinski definition) is 3. The number of aromatic nitrogens is 1. The van der Waals surface area contributed by atoms with Crippen molar-refractivity contribution in [3.8, 4) is 27.9 Å². The first kappa shape index (κ1) is 38.6. The largest absolute Gasteiger partial charge is 0.312 e. The lowest BCUT2D eigenvalue weighted by molar-refractivity contribution is 1.18. The highest BCUT2D eigenvalue weighted by Crippen LogP contribution is 2.49. The lowest BCUT2D eigenvalue weighted by Gasteiger charge is -2.52. The van der Waals surface area contributed by atoms with E-state index in [0.29, 0.717) is 0 Å². The second kappa shape index (κ2) is 13.8. The molecule has 0 unspecified atom stereocenters. The van der Waals surface area contributed by atoms with Crippen LogP contribution < -0.4 is 63.9 Å². The summed E-state index contributed by atoms with van der Waals surface area (Å²) in [6, 6.07) is 89.6. The van der Waals surface area contributed by atoms with Crippen molar-refractivity contribution >= 4 is 142 Å². The Labute approximate surface area is 423 Å². The molecule has 11 aromatic carbocycles. The van der Waals surface area contributed by atoms with Crippen LogP contribution in [0.4, 0.5) is 51.2 Å². The van der Waals surface area contributed by atoms with Crippen LogP contribution in [0.25, 0.3) is 49.7 Å². The fourth-order valence-corrected chi connectivity index (χ4v) is 14.6. The van der Waals surface area contributed by atoms with Crippen LogP contribution in [0.5, 0.6) is 0 Å². The minimum atomic E-state index is -0.00884. The Morgan fingerprint density at radius 3 is 1.33 bits per heavy atom. The van der Waals surface area contributed by atoms with Crippen molar-refractivity contribution in [1.82, 2.24) is 4.57 Å². The normalized spacial score (nSPS) is 14.1. The lowest BCUT2D eigenvalue weighted by Crippen LogP contribution is -2.72. The minimum absolute atomic E-state index is 0.000240. The van der Waals surface area contributed by atoms with Gasteiger partial charge in [0.2, 0.25) is 0 Å². The fourth-order valence-electron chi connectivity index (χ4n) is 14.6. The van der Waals surface area contributed by atoms with Crippen molar-refractivity contribution in [3.63, 3.8) is 0 Å². The summed E-state index contributed by atoms with van der Waals surface area (Å²) in [7, 11) is 0. The highest BCUT2D eigenvalue weighted by atomic mass is 15.2. The number of hydrogen-bond donors (Lipinski definition) is 0. The Kier molecular flexibility index (Phi) is 7.30. The number of benzene rings is 11. The van der Waals surface area contributed by atoms with Crippen LogP contribution in [0.1, 0.15) is 0 Å². The Bertz CT molecular complexity index is 4430. The summed E-state index contributed by atoms with van der Waals surface area (Å²) in [5.74, 6) is 0. The third kappa shape index (κ3) is 4.76. The fraction of sp³-hybridized carbons (Fsp3) is 0. The van der Waals surface area contributed by atoms with Gasteiger partial charge in [0.05, 0.1) is 5.52 Å². The summed E-state index contributed by atoms with van der Waals surface area (Å²) in [5, 5.41) is 2.59. The van der Waals surface area contributed by atoms with Crippen molar-refractivity contribution in [2.75, 3.05) is 14.7 Å². The molecule has 7 heterocycles. The maximum atomic E-state index is 2.69. The highest BCUT2D eigenvalue weighted by molar-refractivity contribution is 7.07. The lowest BCUT2D eigenvalue weighted by atomic mass is 9.26. The predicted molar refractivity (Wildman–Crippen MR) is 310 cm³/mol. The van der Waals surface area contributed by atoms with Crippen molar-refractivity contribution in [1.29, 1.82) is 0 Å². The summed E-state index contributed by atoms with van der Waals surface area (Å²) in [6.07, 6.45) is 0. The molecule has 4 nitrogen and oxygen atoms in total. The molecule has 0 aliphatic carbocycles. The zero-order chi connectivity index (χ0) is 47.2. The van der Waals surface area contributed by atoms with E-state index in [9.17, 15) is 0 Å². The third-order valence-electron chi connectivity index (χ3n) is 17.3. The zero-order valence-electron chi connectivity index (χ0n) is 39.5. The second-order valence-corrected chi connectivity index (χ2v) is 20.7. The van der Waals surface area contributed by atoms with E-state index in [-0.39, 0.29) is 20.1 Å². The molecule has 332 valence electrons. The van der Waals surface area contributed by atoms with E-state index in [2.05, 4.69) is 256 Å². The molecule has 6 aliphatic rings. The van der Waals surface area contributed by atoms with E-state index in [4.69, 9.17) is 0 Å². The van der Waals surface area contributed by atoms with Gasteiger partial charge in [0.25, 0.3) is 20.1 Å². The van der Waals surface area contributed by atoms with Gasteiger partial charge < -0.3 is 19.3 Å². The van der Waals surface area contributed by atoms with Gasteiger partial charge in [-0.1, -0.05) is 170 Å². The van der Waals surface area contributed by atoms with Crippen LogP contribution in [-0.4, -0.2) is 24.7 Å². The van der Waals surface area contributed by atoms with Gasteiger partial charge in [0.15, 0.2) is 0 Å². The number of nitrogens with zero attached hydrogens (tertiary/aromatic N) is 4. The molecule has 0 saturated carbocycles. The molecule has 7 heteroatoms. The summed E-state index contributed by atoms with van der Waals surface area (Å²) >= 11 is 0. The first-order valence-corrected chi connectivity index (χ1v) is 25.7. The standard InChI is InChI=1S/C66H39B3N4/c1-3-16-40(17-4-1)42-32-35-44(36-33-42)70-54-25-10-7-21-47(54)68-51-39-52-66-63-65(51)72(59-30-14-28-57(70)61(59)68)55-26-11-8-22-48(55)67(63)49-23-9-12-27-56(49)73(66)60-31-15-29-58-62(60)69(52)50-24-13-20-45-46-38-43(41-18-5-2-6-19-41)34-37-53(46)71(58)64(45)50/h1-39H. The molecule has 12 aromatic rings. The number of para-hydroxylation sites is 4. The van der Waals surface area contributed by atoms with E-state index in [1.54, 1.807) is 0 Å². The van der Waals surface area contributed by atoms with Crippen LogP contribution in [0.15, 0.2) is 237 Å². The summed E-state index contributed by atoms with van der Waals surface area (Å²) in [4.78, 5) is 7.86. The van der Waals surface area contributed by atoms with Crippen LogP contribution in [0, 0.1) is 0 Å². The van der Waals surface area contributed by atoms with Gasteiger partial charge in [-0.25, -0.2) is 0 Å².